The molecule has 2 heterocycles. The maximum absolute atomic E-state index is 12.4. The van der Waals surface area contributed by atoms with E-state index >= 15 is 0 Å². The Morgan fingerprint density at radius 1 is 1.43 bits per heavy atom. The van der Waals surface area contributed by atoms with E-state index in [0.717, 1.165) is 44.7 Å². The van der Waals surface area contributed by atoms with Crippen molar-refractivity contribution >= 4 is 5.91 Å². The van der Waals surface area contributed by atoms with Crippen molar-refractivity contribution < 1.29 is 9.53 Å². The smallest absolute Gasteiger partial charge is 0.225 e. The van der Waals surface area contributed by atoms with Gasteiger partial charge in [0.2, 0.25) is 5.91 Å². The number of hydrogen-bond donors (Lipinski definition) is 0. The first-order valence-corrected chi connectivity index (χ1v) is 8.00. The molecule has 0 aromatic carbocycles. The molecule has 3 rings (SSSR count). The number of carbonyl (C=O) groups excluding carboxylic acids is 1. The van der Waals surface area contributed by atoms with Crippen LogP contribution >= 0.6 is 0 Å². The molecule has 4 heteroatoms. The van der Waals surface area contributed by atoms with Crippen LogP contribution in [0.5, 0.6) is 0 Å². The summed E-state index contributed by atoms with van der Waals surface area (Å²) in [6.07, 6.45) is 6.14. The monoisotopic (exact) mass is 288 g/mol. The molecule has 1 saturated carbocycles. The molecule has 0 unspecified atom stereocenters. The van der Waals surface area contributed by atoms with Crippen LogP contribution < -0.4 is 0 Å². The number of rotatable bonds is 3. The number of aromatic nitrogens is 1. The summed E-state index contributed by atoms with van der Waals surface area (Å²) in [5.74, 6) is 0.974. The Bertz CT molecular complexity index is 482. The molecule has 1 aromatic rings. The second kappa shape index (κ2) is 6.56. The maximum atomic E-state index is 12.4. The van der Waals surface area contributed by atoms with Gasteiger partial charge in [-0.15, -0.1) is 0 Å². The molecule has 0 bridgehead atoms. The van der Waals surface area contributed by atoms with Crippen molar-refractivity contribution in [2.75, 3.05) is 26.3 Å². The molecule has 0 spiro atoms. The van der Waals surface area contributed by atoms with E-state index in [1.54, 1.807) is 0 Å². The van der Waals surface area contributed by atoms with Gasteiger partial charge in [0.05, 0.1) is 13.2 Å². The predicted octanol–water partition coefficient (Wildman–Crippen LogP) is 2.21. The molecule has 1 amide bonds. The molecular formula is C17H24N2O2. The van der Waals surface area contributed by atoms with E-state index in [0.29, 0.717) is 18.4 Å². The molecule has 1 atom stereocenters. The van der Waals surface area contributed by atoms with E-state index < -0.39 is 0 Å². The van der Waals surface area contributed by atoms with Gasteiger partial charge in [-0.25, -0.2) is 0 Å². The fraction of sp³-hybridized carbons (Fsp3) is 0.647. The van der Waals surface area contributed by atoms with Crippen LogP contribution in [-0.2, 0) is 16.0 Å². The van der Waals surface area contributed by atoms with Crippen molar-refractivity contribution in [1.82, 2.24) is 9.88 Å². The van der Waals surface area contributed by atoms with Crippen molar-refractivity contribution in [3.8, 4) is 0 Å². The molecule has 1 aromatic heterocycles. The van der Waals surface area contributed by atoms with Crippen molar-refractivity contribution in [3.63, 3.8) is 0 Å². The van der Waals surface area contributed by atoms with E-state index in [9.17, 15) is 4.79 Å². The van der Waals surface area contributed by atoms with Gasteiger partial charge in [0.1, 0.15) is 0 Å². The first-order valence-electron chi connectivity index (χ1n) is 8.00. The van der Waals surface area contributed by atoms with Crippen molar-refractivity contribution in [2.24, 2.45) is 11.8 Å². The lowest BCUT2D eigenvalue weighted by atomic mass is 9.84. The molecule has 2 fully saturated rings. The van der Waals surface area contributed by atoms with Gasteiger partial charge >= 0.3 is 0 Å². The minimum absolute atomic E-state index is 0.279. The van der Waals surface area contributed by atoms with Gasteiger partial charge in [0.15, 0.2) is 0 Å². The third-order valence-corrected chi connectivity index (χ3v) is 4.57. The standard InChI is InChI=1S/C17H24N2O2/c1-13-5-6-16(18-10-13)9-14-11-19(7-8-21-12-14)17(20)15-3-2-4-15/h5-6,10,14-15H,2-4,7-9,11-12H2,1H3/t14-/m1/s1. The summed E-state index contributed by atoms with van der Waals surface area (Å²) in [5, 5.41) is 0. The highest BCUT2D eigenvalue weighted by atomic mass is 16.5. The van der Waals surface area contributed by atoms with Crippen LogP contribution in [-0.4, -0.2) is 42.1 Å². The molecule has 1 aliphatic carbocycles. The van der Waals surface area contributed by atoms with Gasteiger partial charge in [0.25, 0.3) is 0 Å². The second-order valence-corrected chi connectivity index (χ2v) is 6.38. The number of aryl methyl sites for hydroxylation is 1. The van der Waals surface area contributed by atoms with Gasteiger partial charge < -0.3 is 9.64 Å². The average molecular weight is 288 g/mol. The Balaban J connectivity index is 1.61. The zero-order valence-corrected chi connectivity index (χ0v) is 12.8. The Hall–Kier alpha value is -1.42. The summed E-state index contributed by atoms with van der Waals surface area (Å²) in [6.45, 7) is 4.99. The van der Waals surface area contributed by atoms with Crippen molar-refractivity contribution in [3.05, 3.63) is 29.6 Å². The summed E-state index contributed by atoms with van der Waals surface area (Å²) >= 11 is 0. The quantitative estimate of drug-likeness (QED) is 0.856. The summed E-state index contributed by atoms with van der Waals surface area (Å²) in [6, 6.07) is 4.18. The SMILES string of the molecule is Cc1ccc(C[C@H]2COCCN(C(=O)C3CCC3)C2)nc1. The van der Waals surface area contributed by atoms with E-state index in [1.165, 1.54) is 12.0 Å². The largest absolute Gasteiger partial charge is 0.379 e. The van der Waals surface area contributed by atoms with E-state index in [1.807, 2.05) is 18.0 Å². The molecule has 21 heavy (non-hydrogen) atoms. The third-order valence-electron chi connectivity index (χ3n) is 4.57. The maximum Gasteiger partial charge on any atom is 0.225 e. The van der Waals surface area contributed by atoms with Gasteiger partial charge in [0, 0.05) is 36.8 Å². The number of hydrogen-bond acceptors (Lipinski definition) is 3. The van der Waals surface area contributed by atoms with Crippen LogP contribution in [0.4, 0.5) is 0 Å². The topological polar surface area (TPSA) is 42.4 Å². The highest BCUT2D eigenvalue weighted by Crippen LogP contribution is 2.29. The first kappa shape index (κ1) is 14.5. The molecule has 0 N–H and O–H groups in total. The summed E-state index contributed by atoms with van der Waals surface area (Å²) in [7, 11) is 0. The Morgan fingerprint density at radius 2 is 2.29 bits per heavy atom. The van der Waals surface area contributed by atoms with E-state index in [4.69, 9.17) is 4.74 Å². The van der Waals surface area contributed by atoms with Crippen LogP contribution in [0.3, 0.4) is 0 Å². The molecule has 1 saturated heterocycles. The van der Waals surface area contributed by atoms with Crippen molar-refractivity contribution in [1.29, 1.82) is 0 Å². The average Bonchev–Trinajstić information content (AvgIpc) is 2.65. The van der Waals surface area contributed by atoms with Crippen molar-refractivity contribution in [2.45, 2.75) is 32.6 Å². The van der Waals surface area contributed by atoms with Crippen LogP contribution in [0, 0.1) is 18.8 Å². The molecule has 2 aliphatic rings. The number of ether oxygens (including phenoxy) is 1. The zero-order chi connectivity index (χ0) is 14.7. The molecule has 0 radical (unpaired) electrons. The number of amides is 1. The molecular weight excluding hydrogens is 264 g/mol. The molecule has 1 aliphatic heterocycles. The lowest BCUT2D eigenvalue weighted by molar-refractivity contribution is -0.138. The van der Waals surface area contributed by atoms with Gasteiger partial charge in [-0.2, -0.15) is 0 Å². The van der Waals surface area contributed by atoms with Crippen LogP contribution in [0.2, 0.25) is 0 Å². The van der Waals surface area contributed by atoms with E-state index in [2.05, 4.69) is 17.1 Å². The fourth-order valence-corrected chi connectivity index (χ4v) is 3.03. The highest BCUT2D eigenvalue weighted by Gasteiger charge is 2.31. The predicted molar refractivity (Wildman–Crippen MR) is 80.9 cm³/mol. The summed E-state index contributed by atoms with van der Waals surface area (Å²) in [4.78, 5) is 18.9. The van der Waals surface area contributed by atoms with E-state index in [-0.39, 0.29) is 5.92 Å². The van der Waals surface area contributed by atoms with Crippen LogP contribution in [0.25, 0.3) is 0 Å². The van der Waals surface area contributed by atoms with Crippen LogP contribution in [0.1, 0.15) is 30.5 Å². The summed E-state index contributed by atoms with van der Waals surface area (Å²) in [5.41, 5.74) is 2.27. The lowest BCUT2D eigenvalue weighted by Gasteiger charge is -2.32. The van der Waals surface area contributed by atoms with Gasteiger partial charge in [-0.1, -0.05) is 12.5 Å². The number of carbonyl (C=O) groups is 1. The Morgan fingerprint density at radius 3 is 2.95 bits per heavy atom. The zero-order valence-electron chi connectivity index (χ0n) is 12.8. The fourth-order valence-electron chi connectivity index (χ4n) is 3.03. The first-order chi connectivity index (χ1) is 10.2. The third kappa shape index (κ3) is 3.62. The minimum Gasteiger partial charge on any atom is -0.379 e. The normalized spacial score (nSPS) is 23.5. The summed E-state index contributed by atoms with van der Waals surface area (Å²) < 4.78 is 5.69. The van der Waals surface area contributed by atoms with Crippen LogP contribution in [0.15, 0.2) is 18.3 Å². The Kier molecular flexibility index (Phi) is 4.54. The lowest BCUT2D eigenvalue weighted by Crippen LogP contribution is -2.42. The van der Waals surface area contributed by atoms with Gasteiger partial charge in [-0.3, -0.25) is 9.78 Å². The second-order valence-electron chi connectivity index (χ2n) is 6.38. The Labute approximate surface area is 126 Å². The number of pyridine rings is 1. The molecule has 114 valence electrons. The highest BCUT2D eigenvalue weighted by molar-refractivity contribution is 5.79. The number of nitrogens with zero attached hydrogens (tertiary/aromatic N) is 2. The van der Waals surface area contributed by atoms with Gasteiger partial charge in [-0.05, 0) is 37.8 Å². The minimum atomic E-state index is 0.279. The molecule has 4 nitrogen and oxygen atoms in total.